The molecule has 0 bridgehead atoms. The van der Waals surface area contributed by atoms with Crippen molar-refractivity contribution in [3.05, 3.63) is 0 Å². The quantitative estimate of drug-likeness (QED) is 0.174. The number of amides is 1. The van der Waals surface area contributed by atoms with E-state index in [2.05, 4.69) is 10.6 Å². The van der Waals surface area contributed by atoms with E-state index >= 15 is 0 Å². The van der Waals surface area contributed by atoms with Crippen LogP contribution in [-0.4, -0.2) is 64.8 Å². The first-order valence-corrected chi connectivity index (χ1v) is 7.95. The highest BCUT2D eigenvalue weighted by Crippen LogP contribution is 2.26. The van der Waals surface area contributed by atoms with Crippen LogP contribution in [0.1, 0.15) is 40.5 Å². The molecule has 8 heteroatoms. The maximum absolute atomic E-state index is 12.0. The van der Waals surface area contributed by atoms with Gasteiger partial charge in [-0.05, 0) is 26.8 Å². The monoisotopic (exact) mass is 334 g/mol. The third-order valence-electron chi connectivity index (χ3n) is 4.03. The van der Waals surface area contributed by atoms with Gasteiger partial charge in [-0.3, -0.25) is 10.1 Å². The molecule has 0 spiro atoms. The number of rotatable bonds is 11. The van der Waals surface area contributed by atoms with E-state index in [4.69, 9.17) is 16.6 Å². The average Bonchev–Trinajstić information content (AvgIpc) is 2.45. The molecule has 0 fully saturated rings. The van der Waals surface area contributed by atoms with Gasteiger partial charge in [-0.1, -0.05) is 13.8 Å². The second-order valence-electron chi connectivity index (χ2n) is 7.19. The molecule has 0 aliphatic heterocycles. The Morgan fingerprint density at radius 1 is 1.22 bits per heavy atom. The minimum absolute atomic E-state index is 0.0198. The SMILES string of the molecule is CC(C)(CN)NC(=O)CC(O)C(N)C(C)(C)C(O)NCCCO. The van der Waals surface area contributed by atoms with Crippen molar-refractivity contribution in [3.8, 4) is 0 Å². The smallest absolute Gasteiger partial charge is 0.223 e. The Morgan fingerprint density at radius 2 is 1.78 bits per heavy atom. The van der Waals surface area contributed by atoms with Crippen molar-refractivity contribution >= 4 is 5.91 Å². The Kier molecular flexibility index (Phi) is 9.19. The zero-order valence-electron chi connectivity index (χ0n) is 14.7. The van der Waals surface area contributed by atoms with E-state index in [9.17, 15) is 15.0 Å². The number of nitrogens with two attached hydrogens (primary N) is 2. The van der Waals surface area contributed by atoms with Crippen molar-refractivity contribution in [2.45, 2.75) is 64.4 Å². The summed E-state index contributed by atoms with van der Waals surface area (Å²) in [7, 11) is 0. The highest BCUT2D eigenvalue weighted by atomic mass is 16.3. The number of carbonyl (C=O) groups excluding carboxylic acids is 1. The lowest BCUT2D eigenvalue weighted by atomic mass is 9.79. The molecule has 0 heterocycles. The maximum Gasteiger partial charge on any atom is 0.223 e. The van der Waals surface area contributed by atoms with E-state index in [1.165, 1.54) is 0 Å². The molecule has 0 saturated heterocycles. The molecule has 8 nitrogen and oxygen atoms in total. The van der Waals surface area contributed by atoms with Crippen molar-refractivity contribution in [1.29, 1.82) is 0 Å². The molecule has 3 atom stereocenters. The van der Waals surface area contributed by atoms with Crippen molar-refractivity contribution < 1.29 is 20.1 Å². The third kappa shape index (κ3) is 7.56. The number of hydrogen-bond donors (Lipinski definition) is 7. The van der Waals surface area contributed by atoms with Gasteiger partial charge in [0.2, 0.25) is 5.91 Å². The largest absolute Gasteiger partial charge is 0.396 e. The molecule has 3 unspecified atom stereocenters. The Morgan fingerprint density at radius 3 is 2.26 bits per heavy atom. The van der Waals surface area contributed by atoms with E-state index in [-0.39, 0.29) is 25.5 Å². The summed E-state index contributed by atoms with van der Waals surface area (Å²) in [5, 5.41) is 34.7. The zero-order valence-corrected chi connectivity index (χ0v) is 14.7. The van der Waals surface area contributed by atoms with Crippen LogP contribution in [0.25, 0.3) is 0 Å². The molecule has 0 aromatic rings. The summed E-state index contributed by atoms with van der Waals surface area (Å²) in [5.74, 6) is -0.345. The van der Waals surface area contributed by atoms with Crippen LogP contribution in [-0.2, 0) is 4.79 Å². The van der Waals surface area contributed by atoms with E-state index in [0.717, 1.165) is 0 Å². The second-order valence-corrected chi connectivity index (χ2v) is 7.19. The summed E-state index contributed by atoms with van der Waals surface area (Å²) in [6.07, 6.45) is -1.74. The first-order valence-electron chi connectivity index (χ1n) is 7.95. The number of hydrogen-bond acceptors (Lipinski definition) is 7. The molecule has 0 aliphatic rings. The number of nitrogens with one attached hydrogen (secondary N) is 2. The molecule has 0 rings (SSSR count). The lowest BCUT2D eigenvalue weighted by molar-refractivity contribution is -0.125. The fourth-order valence-electron chi connectivity index (χ4n) is 2.06. The van der Waals surface area contributed by atoms with Gasteiger partial charge in [0.05, 0.1) is 12.5 Å². The molecule has 0 radical (unpaired) electrons. The standard InChI is InChI=1S/C15H34N4O4/c1-14(2,9-16)19-11(22)8-10(21)12(17)15(3,4)13(23)18-6-5-7-20/h10,12-13,18,20-21,23H,5-9,16-17H2,1-4H3,(H,19,22). The van der Waals surface area contributed by atoms with Crippen LogP contribution in [0.15, 0.2) is 0 Å². The van der Waals surface area contributed by atoms with Crippen molar-refractivity contribution in [2.75, 3.05) is 19.7 Å². The topological polar surface area (TPSA) is 154 Å². The fourth-order valence-corrected chi connectivity index (χ4v) is 2.06. The van der Waals surface area contributed by atoms with Crippen LogP contribution in [0, 0.1) is 5.41 Å². The first-order chi connectivity index (χ1) is 10.5. The van der Waals surface area contributed by atoms with Crippen molar-refractivity contribution in [2.24, 2.45) is 16.9 Å². The van der Waals surface area contributed by atoms with Gasteiger partial charge in [-0.25, -0.2) is 0 Å². The van der Waals surface area contributed by atoms with Gasteiger partial charge in [0.25, 0.3) is 0 Å². The van der Waals surface area contributed by atoms with Gasteiger partial charge in [0, 0.05) is 30.1 Å². The summed E-state index contributed by atoms with van der Waals surface area (Å²) in [5.41, 5.74) is 10.2. The summed E-state index contributed by atoms with van der Waals surface area (Å²) in [6.45, 7) is 7.71. The molecule has 0 aromatic carbocycles. The summed E-state index contributed by atoms with van der Waals surface area (Å²) >= 11 is 0. The Balaban J connectivity index is 4.60. The number of aliphatic hydroxyl groups excluding tert-OH is 3. The molecular weight excluding hydrogens is 300 g/mol. The summed E-state index contributed by atoms with van der Waals surface area (Å²) in [4.78, 5) is 12.0. The Bertz CT molecular complexity index is 363. The average molecular weight is 334 g/mol. The van der Waals surface area contributed by atoms with Crippen LogP contribution >= 0.6 is 0 Å². The van der Waals surface area contributed by atoms with Crippen LogP contribution in [0.2, 0.25) is 0 Å². The second kappa shape index (κ2) is 9.51. The molecule has 9 N–H and O–H groups in total. The van der Waals surface area contributed by atoms with E-state index < -0.39 is 29.3 Å². The number of aliphatic hydroxyl groups is 3. The Labute approximate surface area is 138 Å². The fraction of sp³-hybridized carbons (Fsp3) is 0.933. The van der Waals surface area contributed by atoms with Crippen LogP contribution < -0.4 is 22.1 Å². The van der Waals surface area contributed by atoms with Crippen molar-refractivity contribution in [3.63, 3.8) is 0 Å². The molecule has 0 aliphatic carbocycles. The molecule has 0 aromatic heterocycles. The van der Waals surface area contributed by atoms with Gasteiger partial charge in [-0.15, -0.1) is 0 Å². The molecule has 138 valence electrons. The van der Waals surface area contributed by atoms with Gasteiger partial charge < -0.3 is 32.1 Å². The lowest BCUT2D eigenvalue weighted by Gasteiger charge is -2.39. The Hall–Kier alpha value is -0.770. The van der Waals surface area contributed by atoms with Crippen LogP contribution in [0.5, 0.6) is 0 Å². The normalized spacial score (nSPS) is 16.7. The molecule has 1 amide bonds. The van der Waals surface area contributed by atoms with E-state index in [1.807, 2.05) is 0 Å². The van der Waals surface area contributed by atoms with Crippen LogP contribution in [0.4, 0.5) is 0 Å². The molecule has 23 heavy (non-hydrogen) atoms. The lowest BCUT2D eigenvalue weighted by Crippen LogP contribution is -2.58. The molecule has 0 saturated carbocycles. The highest BCUT2D eigenvalue weighted by Gasteiger charge is 2.39. The van der Waals surface area contributed by atoms with E-state index in [1.54, 1.807) is 27.7 Å². The minimum atomic E-state index is -1.10. The van der Waals surface area contributed by atoms with Gasteiger partial charge in [-0.2, -0.15) is 0 Å². The summed E-state index contributed by atoms with van der Waals surface area (Å²) < 4.78 is 0. The van der Waals surface area contributed by atoms with Gasteiger partial charge >= 0.3 is 0 Å². The third-order valence-corrected chi connectivity index (χ3v) is 4.03. The number of carbonyl (C=O) groups is 1. The minimum Gasteiger partial charge on any atom is -0.396 e. The van der Waals surface area contributed by atoms with Gasteiger partial charge in [0.15, 0.2) is 0 Å². The summed E-state index contributed by atoms with van der Waals surface area (Å²) in [6, 6.07) is -0.814. The predicted octanol–water partition coefficient (Wildman–Crippen LogP) is -1.77. The predicted molar refractivity (Wildman–Crippen MR) is 89.4 cm³/mol. The maximum atomic E-state index is 12.0. The van der Waals surface area contributed by atoms with E-state index in [0.29, 0.717) is 13.0 Å². The highest BCUT2D eigenvalue weighted by molar-refractivity contribution is 5.77. The van der Waals surface area contributed by atoms with Gasteiger partial charge in [0.1, 0.15) is 6.23 Å². The van der Waals surface area contributed by atoms with Crippen LogP contribution in [0.3, 0.4) is 0 Å². The van der Waals surface area contributed by atoms with Crippen molar-refractivity contribution in [1.82, 2.24) is 10.6 Å². The first kappa shape index (κ1) is 22.2. The zero-order chi connectivity index (χ0) is 18.3. The molecular formula is C15H34N4O4.